The van der Waals surface area contributed by atoms with Gasteiger partial charge in [-0.2, -0.15) is 0 Å². The number of nitrogens with one attached hydrogen (secondary N) is 2. The Balaban J connectivity index is 1.97. The molecule has 8 heteroatoms. The number of hydrogen-bond donors (Lipinski definition) is 2. The highest BCUT2D eigenvalue weighted by Crippen LogP contribution is 2.10. The number of aromatic nitrogens is 2. The highest BCUT2D eigenvalue weighted by Gasteiger charge is 2.15. The molecule has 0 aliphatic heterocycles. The predicted octanol–water partition coefficient (Wildman–Crippen LogP) is 1.91. The van der Waals surface area contributed by atoms with Gasteiger partial charge in [-0.1, -0.05) is 11.6 Å². The summed E-state index contributed by atoms with van der Waals surface area (Å²) in [6, 6.07) is 5.93. The summed E-state index contributed by atoms with van der Waals surface area (Å²) in [6.07, 6.45) is 2.66. The van der Waals surface area contributed by atoms with Crippen molar-refractivity contribution in [2.75, 3.05) is 10.6 Å². The molecule has 2 rings (SSSR count). The highest BCUT2D eigenvalue weighted by atomic mass is 35.5. The molecule has 7 nitrogen and oxygen atoms in total. The van der Waals surface area contributed by atoms with E-state index in [9.17, 15) is 14.4 Å². The van der Waals surface area contributed by atoms with Crippen LogP contribution in [0.25, 0.3) is 0 Å². The van der Waals surface area contributed by atoms with Gasteiger partial charge < -0.3 is 10.6 Å². The topological polar surface area (TPSA) is 101 Å². The first-order valence-electron chi connectivity index (χ1n) is 6.16. The predicted molar refractivity (Wildman–Crippen MR) is 80.7 cm³/mol. The number of carbonyl (C=O) groups is 3. The molecule has 2 heterocycles. The zero-order chi connectivity index (χ0) is 16.1. The van der Waals surface area contributed by atoms with Crippen molar-refractivity contribution in [3.05, 3.63) is 47.2 Å². The van der Waals surface area contributed by atoms with Crippen molar-refractivity contribution in [2.45, 2.75) is 6.92 Å². The number of halogens is 1. The molecule has 0 radical (unpaired) electrons. The van der Waals surface area contributed by atoms with Crippen LogP contribution in [0, 0.1) is 0 Å². The minimum absolute atomic E-state index is 0.142. The van der Waals surface area contributed by atoms with Crippen LogP contribution >= 0.6 is 11.6 Å². The lowest BCUT2D eigenvalue weighted by Crippen LogP contribution is -2.29. The summed E-state index contributed by atoms with van der Waals surface area (Å²) in [5.41, 5.74) is 0.410. The molecule has 2 amide bonds. The maximum Gasteiger partial charge on any atom is 0.315 e. The minimum atomic E-state index is -0.903. The number of Topliss-reactive ketones (excluding diaryl/α,β-unsaturated/α-hetero) is 1. The quantitative estimate of drug-likeness (QED) is 0.665. The monoisotopic (exact) mass is 318 g/mol. The first-order chi connectivity index (χ1) is 10.5. The van der Waals surface area contributed by atoms with Crippen LogP contribution in [0.5, 0.6) is 0 Å². The van der Waals surface area contributed by atoms with Gasteiger partial charge in [0.15, 0.2) is 5.78 Å². The molecule has 0 bridgehead atoms. The van der Waals surface area contributed by atoms with Crippen molar-refractivity contribution in [3.8, 4) is 0 Å². The summed E-state index contributed by atoms with van der Waals surface area (Å²) in [5, 5.41) is 5.04. The van der Waals surface area contributed by atoms with E-state index < -0.39 is 11.8 Å². The van der Waals surface area contributed by atoms with Gasteiger partial charge in [-0.15, -0.1) is 0 Å². The zero-order valence-corrected chi connectivity index (χ0v) is 12.2. The molecule has 0 spiro atoms. The second kappa shape index (κ2) is 6.77. The summed E-state index contributed by atoms with van der Waals surface area (Å²) in [5.74, 6) is -1.58. The van der Waals surface area contributed by atoms with E-state index in [1.54, 1.807) is 0 Å². The number of amides is 2. The maximum absolute atomic E-state index is 11.7. The van der Waals surface area contributed by atoms with E-state index in [-0.39, 0.29) is 17.4 Å². The van der Waals surface area contributed by atoms with Crippen molar-refractivity contribution in [1.82, 2.24) is 9.97 Å². The molecule has 2 aromatic rings. The fourth-order valence-corrected chi connectivity index (χ4v) is 1.58. The molecule has 0 aromatic carbocycles. The van der Waals surface area contributed by atoms with Crippen LogP contribution in [0.3, 0.4) is 0 Å². The first-order valence-corrected chi connectivity index (χ1v) is 6.54. The van der Waals surface area contributed by atoms with Crippen LogP contribution in [0.15, 0.2) is 36.7 Å². The van der Waals surface area contributed by atoms with E-state index in [0.717, 1.165) is 0 Å². The molecule has 2 aromatic heterocycles. The minimum Gasteiger partial charge on any atom is -0.302 e. The number of ketones is 1. The lowest BCUT2D eigenvalue weighted by atomic mass is 10.2. The van der Waals surface area contributed by atoms with E-state index in [4.69, 9.17) is 11.6 Å². The third-order valence-corrected chi connectivity index (χ3v) is 2.81. The van der Waals surface area contributed by atoms with Crippen LogP contribution < -0.4 is 10.6 Å². The van der Waals surface area contributed by atoms with Crippen LogP contribution in [-0.2, 0) is 9.59 Å². The third-order valence-electron chi connectivity index (χ3n) is 2.59. The number of hydrogen-bond acceptors (Lipinski definition) is 5. The molecule has 22 heavy (non-hydrogen) atoms. The Hall–Kier alpha value is -2.80. The normalized spacial score (nSPS) is 9.91. The van der Waals surface area contributed by atoms with Gasteiger partial charge in [-0.05, 0) is 31.2 Å². The van der Waals surface area contributed by atoms with E-state index in [1.807, 2.05) is 0 Å². The molecular weight excluding hydrogens is 308 g/mol. The van der Waals surface area contributed by atoms with Gasteiger partial charge in [0, 0.05) is 18.0 Å². The summed E-state index contributed by atoms with van der Waals surface area (Å²) < 4.78 is 0. The van der Waals surface area contributed by atoms with Gasteiger partial charge in [0.2, 0.25) is 0 Å². The molecule has 0 unspecified atom stereocenters. The zero-order valence-electron chi connectivity index (χ0n) is 11.5. The van der Waals surface area contributed by atoms with E-state index >= 15 is 0 Å². The number of anilines is 2. The summed E-state index contributed by atoms with van der Waals surface area (Å²) in [4.78, 5) is 42.2. The maximum atomic E-state index is 11.7. The molecule has 112 valence electrons. The average molecular weight is 319 g/mol. The molecular formula is C14H11ClN4O3. The van der Waals surface area contributed by atoms with Gasteiger partial charge in [0.25, 0.3) is 0 Å². The molecule has 0 aliphatic carbocycles. The SMILES string of the molecule is CC(=O)c1ccc(NC(=O)C(=O)Nc2ccc(Cl)cn2)nc1. The van der Waals surface area contributed by atoms with E-state index in [1.165, 1.54) is 43.6 Å². The first kappa shape index (κ1) is 15.6. The van der Waals surface area contributed by atoms with Crippen molar-refractivity contribution >= 4 is 40.8 Å². The molecule has 2 N–H and O–H groups in total. The fraction of sp³-hybridized carbons (Fsp3) is 0.0714. The van der Waals surface area contributed by atoms with Crippen LogP contribution in [0.2, 0.25) is 5.02 Å². The Morgan fingerprint density at radius 2 is 1.45 bits per heavy atom. The average Bonchev–Trinajstić information content (AvgIpc) is 2.50. The number of pyridine rings is 2. The molecule has 0 fully saturated rings. The van der Waals surface area contributed by atoms with Gasteiger partial charge in [0.1, 0.15) is 11.6 Å². The van der Waals surface area contributed by atoms with Crippen LogP contribution in [0.4, 0.5) is 11.6 Å². The molecule has 0 aliphatic rings. The fourth-order valence-electron chi connectivity index (χ4n) is 1.47. The molecule has 0 saturated carbocycles. The highest BCUT2D eigenvalue weighted by molar-refractivity contribution is 6.43. The van der Waals surface area contributed by atoms with Gasteiger partial charge in [0.05, 0.1) is 5.02 Å². The van der Waals surface area contributed by atoms with Crippen molar-refractivity contribution in [1.29, 1.82) is 0 Å². The Kier molecular flexibility index (Phi) is 4.80. The second-order valence-electron chi connectivity index (χ2n) is 4.26. The standard InChI is InChI=1S/C14H11ClN4O3/c1-8(20)9-2-4-11(16-6-9)18-13(21)14(22)19-12-5-3-10(15)7-17-12/h2-7H,1H3,(H,16,18,21)(H,17,19,22). The number of rotatable bonds is 3. The van der Waals surface area contributed by atoms with Crippen molar-refractivity contribution in [3.63, 3.8) is 0 Å². The van der Waals surface area contributed by atoms with Crippen LogP contribution in [-0.4, -0.2) is 27.6 Å². The lowest BCUT2D eigenvalue weighted by Gasteiger charge is -2.05. The molecule has 0 saturated heterocycles. The van der Waals surface area contributed by atoms with Gasteiger partial charge in [-0.3, -0.25) is 14.4 Å². The lowest BCUT2D eigenvalue weighted by molar-refractivity contribution is -0.133. The Morgan fingerprint density at radius 3 is 1.86 bits per heavy atom. The largest absolute Gasteiger partial charge is 0.315 e. The second-order valence-corrected chi connectivity index (χ2v) is 4.69. The van der Waals surface area contributed by atoms with Crippen molar-refractivity contribution < 1.29 is 14.4 Å². The molecule has 0 atom stereocenters. The number of carbonyl (C=O) groups excluding carboxylic acids is 3. The summed E-state index contributed by atoms with van der Waals surface area (Å²) in [7, 11) is 0. The van der Waals surface area contributed by atoms with Crippen LogP contribution in [0.1, 0.15) is 17.3 Å². The number of nitrogens with zero attached hydrogens (tertiary/aromatic N) is 2. The third kappa shape index (κ3) is 4.10. The summed E-state index contributed by atoms with van der Waals surface area (Å²) in [6.45, 7) is 1.40. The smallest absolute Gasteiger partial charge is 0.302 e. The van der Waals surface area contributed by atoms with Crippen molar-refractivity contribution in [2.24, 2.45) is 0 Å². The Morgan fingerprint density at radius 1 is 0.909 bits per heavy atom. The van der Waals surface area contributed by atoms with Gasteiger partial charge >= 0.3 is 11.8 Å². The Bertz CT molecular complexity index is 714. The van der Waals surface area contributed by atoms with E-state index in [0.29, 0.717) is 10.6 Å². The Labute approximate surface area is 130 Å². The summed E-state index contributed by atoms with van der Waals surface area (Å²) >= 11 is 5.67. The van der Waals surface area contributed by atoms with Gasteiger partial charge in [-0.25, -0.2) is 9.97 Å². The van der Waals surface area contributed by atoms with E-state index in [2.05, 4.69) is 20.6 Å².